The van der Waals surface area contributed by atoms with Crippen LogP contribution in [0.15, 0.2) is 28.6 Å². The van der Waals surface area contributed by atoms with Gasteiger partial charge in [0.2, 0.25) is 5.13 Å². The van der Waals surface area contributed by atoms with Crippen LogP contribution in [0.4, 0.5) is 10.8 Å². The molecule has 0 aliphatic heterocycles. The third-order valence-electron chi connectivity index (χ3n) is 3.97. The maximum atomic E-state index is 10.9. The van der Waals surface area contributed by atoms with E-state index < -0.39 is 4.92 Å². The monoisotopic (exact) mass is 380 g/mol. The van der Waals surface area contributed by atoms with Crippen LogP contribution in [0.2, 0.25) is 0 Å². The summed E-state index contributed by atoms with van der Waals surface area (Å²) in [6.45, 7) is 0.375. The molecule has 0 radical (unpaired) electrons. The first-order chi connectivity index (χ1) is 12.2. The van der Waals surface area contributed by atoms with Gasteiger partial charge in [-0.1, -0.05) is 54.5 Å². The number of benzene rings is 1. The summed E-state index contributed by atoms with van der Waals surface area (Å²) in [4.78, 5) is 10.5. The first-order valence-corrected chi connectivity index (χ1v) is 10.1. The molecule has 0 amide bonds. The summed E-state index contributed by atoms with van der Waals surface area (Å²) in [7, 11) is 0. The van der Waals surface area contributed by atoms with Crippen molar-refractivity contribution in [1.29, 1.82) is 0 Å². The Morgan fingerprint density at radius 3 is 2.88 bits per heavy atom. The van der Waals surface area contributed by atoms with Gasteiger partial charge in [-0.05, 0) is 18.9 Å². The zero-order chi connectivity index (χ0) is 17.5. The van der Waals surface area contributed by atoms with Gasteiger partial charge in [0.25, 0.3) is 0 Å². The summed E-state index contributed by atoms with van der Waals surface area (Å²) >= 11 is 3.09. The Balaban J connectivity index is 1.43. The topological polar surface area (TPSA) is 90.2 Å². The lowest BCUT2D eigenvalue weighted by molar-refractivity contribution is -0.385. The summed E-state index contributed by atoms with van der Waals surface area (Å²) in [6.07, 6.45) is 6.29. The van der Waals surface area contributed by atoms with Crippen molar-refractivity contribution >= 4 is 33.9 Å². The molecule has 1 heterocycles. The maximum Gasteiger partial charge on any atom is 0.310 e. The fourth-order valence-electron chi connectivity index (χ4n) is 2.76. The van der Waals surface area contributed by atoms with Crippen LogP contribution < -0.4 is 10.1 Å². The second-order valence-electron chi connectivity index (χ2n) is 5.77. The Kier molecular flexibility index (Phi) is 6.46. The molecule has 2 aromatic rings. The minimum atomic E-state index is -0.434. The number of thioether (sulfide) groups is 1. The highest BCUT2D eigenvalue weighted by Gasteiger charge is 2.16. The standard InChI is InChI=1S/C16H20N4O3S2/c21-20(22)13-8-4-5-9-14(13)23-10-11-24-16-19-18-15(25-16)17-12-6-2-1-3-7-12/h4-5,8-9,12H,1-3,6-7,10-11H2,(H,17,18). The molecule has 1 aromatic carbocycles. The highest BCUT2D eigenvalue weighted by atomic mass is 32.2. The molecule has 0 atom stereocenters. The maximum absolute atomic E-state index is 10.9. The number of nitrogens with zero attached hydrogens (tertiary/aromatic N) is 3. The number of nitrogens with one attached hydrogen (secondary N) is 1. The van der Waals surface area contributed by atoms with E-state index in [0.29, 0.717) is 24.2 Å². The van der Waals surface area contributed by atoms with Crippen LogP contribution in [-0.4, -0.2) is 33.5 Å². The summed E-state index contributed by atoms with van der Waals surface area (Å²) in [5.74, 6) is 0.953. The third kappa shape index (κ3) is 5.30. The number of nitro groups is 1. The second kappa shape index (κ2) is 9.00. The molecule has 1 N–H and O–H groups in total. The van der Waals surface area contributed by atoms with Crippen LogP contribution in [0.25, 0.3) is 0 Å². The Labute approximate surface area is 154 Å². The van der Waals surface area contributed by atoms with Gasteiger partial charge in [-0.3, -0.25) is 10.1 Å². The molecule has 1 fully saturated rings. The van der Waals surface area contributed by atoms with Crippen LogP contribution in [-0.2, 0) is 0 Å². The third-order valence-corrected chi connectivity index (χ3v) is 5.92. The number of para-hydroxylation sites is 2. The van der Waals surface area contributed by atoms with Crippen molar-refractivity contribution in [3.8, 4) is 5.75 Å². The molecular weight excluding hydrogens is 360 g/mol. The van der Waals surface area contributed by atoms with Gasteiger partial charge in [0.1, 0.15) is 0 Å². The van der Waals surface area contributed by atoms with Crippen LogP contribution in [0.1, 0.15) is 32.1 Å². The van der Waals surface area contributed by atoms with Crippen LogP contribution in [0.3, 0.4) is 0 Å². The number of hydrogen-bond donors (Lipinski definition) is 1. The molecule has 25 heavy (non-hydrogen) atoms. The van der Waals surface area contributed by atoms with Gasteiger partial charge in [0.15, 0.2) is 10.1 Å². The molecule has 7 nitrogen and oxygen atoms in total. The van der Waals surface area contributed by atoms with E-state index in [9.17, 15) is 10.1 Å². The van der Waals surface area contributed by atoms with E-state index >= 15 is 0 Å². The molecule has 0 unspecified atom stereocenters. The fraction of sp³-hybridized carbons (Fsp3) is 0.500. The van der Waals surface area contributed by atoms with E-state index in [0.717, 1.165) is 9.47 Å². The Morgan fingerprint density at radius 2 is 2.08 bits per heavy atom. The quantitative estimate of drug-likeness (QED) is 0.315. The lowest BCUT2D eigenvalue weighted by Crippen LogP contribution is -2.21. The molecule has 0 bridgehead atoms. The number of ether oxygens (including phenoxy) is 1. The molecule has 1 aliphatic rings. The number of nitro benzene ring substituents is 1. The SMILES string of the molecule is O=[N+]([O-])c1ccccc1OCCSc1nnc(NC2CCCCC2)s1. The van der Waals surface area contributed by atoms with Crippen molar-refractivity contribution in [1.82, 2.24) is 10.2 Å². The van der Waals surface area contributed by atoms with Crippen molar-refractivity contribution in [2.24, 2.45) is 0 Å². The largest absolute Gasteiger partial charge is 0.486 e. The first-order valence-electron chi connectivity index (χ1n) is 8.31. The average Bonchev–Trinajstić information content (AvgIpc) is 3.07. The van der Waals surface area contributed by atoms with Gasteiger partial charge in [-0.2, -0.15) is 0 Å². The van der Waals surface area contributed by atoms with Crippen LogP contribution >= 0.6 is 23.1 Å². The number of aromatic nitrogens is 2. The summed E-state index contributed by atoms with van der Waals surface area (Å²) in [5, 5.41) is 23.6. The molecule has 0 spiro atoms. The zero-order valence-corrected chi connectivity index (χ0v) is 15.4. The van der Waals surface area contributed by atoms with Gasteiger partial charge < -0.3 is 10.1 Å². The van der Waals surface area contributed by atoms with Gasteiger partial charge in [0, 0.05) is 17.9 Å². The number of hydrogen-bond acceptors (Lipinski definition) is 8. The highest BCUT2D eigenvalue weighted by Crippen LogP contribution is 2.29. The van der Waals surface area contributed by atoms with Crippen molar-refractivity contribution in [2.45, 2.75) is 42.5 Å². The normalized spacial score (nSPS) is 15.0. The molecular formula is C16H20N4O3S2. The first kappa shape index (κ1) is 17.9. The van der Waals surface area contributed by atoms with Gasteiger partial charge in [0.05, 0.1) is 11.5 Å². The number of rotatable bonds is 8. The fourth-order valence-corrected chi connectivity index (χ4v) is 4.48. The van der Waals surface area contributed by atoms with E-state index in [1.165, 1.54) is 38.2 Å². The molecule has 3 rings (SSSR count). The minimum Gasteiger partial charge on any atom is -0.486 e. The molecule has 0 saturated heterocycles. The summed E-state index contributed by atoms with van der Waals surface area (Å²) in [6, 6.07) is 6.92. The van der Waals surface area contributed by atoms with Gasteiger partial charge in [-0.25, -0.2) is 0 Å². The zero-order valence-electron chi connectivity index (χ0n) is 13.7. The minimum absolute atomic E-state index is 0.0117. The molecule has 1 saturated carbocycles. The van der Waals surface area contributed by atoms with E-state index in [2.05, 4.69) is 15.5 Å². The van der Waals surface area contributed by atoms with Crippen LogP contribution in [0.5, 0.6) is 5.75 Å². The van der Waals surface area contributed by atoms with Gasteiger partial charge >= 0.3 is 5.69 Å². The van der Waals surface area contributed by atoms with Crippen LogP contribution in [0, 0.1) is 10.1 Å². The van der Waals surface area contributed by atoms with Crippen molar-refractivity contribution < 1.29 is 9.66 Å². The lowest BCUT2D eigenvalue weighted by Gasteiger charge is -2.21. The average molecular weight is 380 g/mol. The molecule has 1 aliphatic carbocycles. The predicted molar refractivity (Wildman–Crippen MR) is 99.7 cm³/mol. The Morgan fingerprint density at radius 1 is 1.28 bits per heavy atom. The molecule has 1 aromatic heterocycles. The Hall–Kier alpha value is -1.87. The predicted octanol–water partition coefficient (Wildman–Crippen LogP) is 4.36. The highest BCUT2D eigenvalue weighted by molar-refractivity contribution is 8.01. The van der Waals surface area contributed by atoms with Gasteiger partial charge in [-0.15, -0.1) is 10.2 Å². The second-order valence-corrected chi connectivity index (χ2v) is 8.09. The van der Waals surface area contributed by atoms with E-state index in [1.54, 1.807) is 41.3 Å². The van der Waals surface area contributed by atoms with E-state index in [1.807, 2.05) is 0 Å². The van der Waals surface area contributed by atoms with Crippen molar-refractivity contribution in [3.05, 3.63) is 34.4 Å². The molecule has 9 heteroatoms. The van der Waals surface area contributed by atoms with Crippen molar-refractivity contribution in [2.75, 3.05) is 17.7 Å². The van der Waals surface area contributed by atoms with Crippen molar-refractivity contribution in [3.63, 3.8) is 0 Å². The smallest absolute Gasteiger partial charge is 0.310 e. The molecule has 134 valence electrons. The van der Waals surface area contributed by atoms with E-state index in [-0.39, 0.29) is 5.69 Å². The summed E-state index contributed by atoms with van der Waals surface area (Å²) < 4.78 is 6.41. The number of anilines is 1. The summed E-state index contributed by atoms with van der Waals surface area (Å²) in [5.41, 5.74) is -0.0117. The Bertz CT molecular complexity index is 704. The van der Waals surface area contributed by atoms with E-state index in [4.69, 9.17) is 4.74 Å². The lowest BCUT2D eigenvalue weighted by atomic mass is 9.96.